The molecule has 7 heteroatoms. The molecule has 0 amide bonds. The average molecular weight is 275 g/mol. The highest BCUT2D eigenvalue weighted by Crippen LogP contribution is 2.24. The standard InChI is InChI=1S/C11H14FNO4S/c12-8-3-4-10(11(6-8)18(13,14)15)17-7-9-2-1-5-16-9/h3-4,6,9H,1-2,5,7H2,(H2,13,14,15). The van der Waals surface area contributed by atoms with Crippen molar-refractivity contribution in [3.8, 4) is 5.75 Å². The third kappa shape index (κ3) is 3.18. The maximum atomic E-state index is 13.0. The van der Waals surface area contributed by atoms with Gasteiger partial charge < -0.3 is 9.47 Å². The molecule has 0 aliphatic carbocycles. The van der Waals surface area contributed by atoms with Crippen LogP contribution in [-0.2, 0) is 14.8 Å². The number of halogens is 1. The van der Waals surface area contributed by atoms with E-state index in [-0.39, 0.29) is 23.4 Å². The lowest BCUT2D eigenvalue weighted by molar-refractivity contribution is 0.0669. The predicted octanol–water partition coefficient (Wildman–Crippen LogP) is 1.03. The van der Waals surface area contributed by atoms with Crippen LogP contribution >= 0.6 is 0 Å². The molecule has 1 aromatic carbocycles. The molecular formula is C11H14FNO4S. The van der Waals surface area contributed by atoms with E-state index >= 15 is 0 Å². The van der Waals surface area contributed by atoms with Crippen LogP contribution < -0.4 is 9.88 Å². The van der Waals surface area contributed by atoms with Crippen molar-refractivity contribution in [2.75, 3.05) is 13.2 Å². The van der Waals surface area contributed by atoms with Crippen LogP contribution in [0.4, 0.5) is 4.39 Å². The molecule has 2 N–H and O–H groups in total. The molecule has 1 fully saturated rings. The normalized spacial score (nSPS) is 20.0. The van der Waals surface area contributed by atoms with Gasteiger partial charge in [0.1, 0.15) is 23.1 Å². The van der Waals surface area contributed by atoms with E-state index in [1.165, 1.54) is 6.07 Å². The molecule has 0 spiro atoms. The first-order valence-corrected chi connectivity index (χ1v) is 7.08. The average Bonchev–Trinajstić information content (AvgIpc) is 2.79. The Morgan fingerprint density at radius 3 is 2.89 bits per heavy atom. The highest BCUT2D eigenvalue weighted by molar-refractivity contribution is 7.89. The fourth-order valence-electron chi connectivity index (χ4n) is 1.78. The zero-order valence-electron chi connectivity index (χ0n) is 9.63. The summed E-state index contributed by atoms with van der Waals surface area (Å²) in [6, 6.07) is 3.23. The van der Waals surface area contributed by atoms with Crippen molar-refractivity contribution in [1.29, 1.82) is 0 Å². The largest absolute Gasteiger partial charge is 0.489 e. The number of benzene rings is 1. The summed E-state index contributed by atoms with van der Waals surface area (Å²) in [7, 11) is -4.01. The minimum absolute atomic E-state index is 0.0504. The molecule has 1 saturated heterocycles. The molecule has 18 heavy (non-hydrogen) atoms. The lowest BCUT2D eigenvalue weighted by atomic mass is 10.2. The van der Waals surface area contributed by atoms with Crippen molar-refractivity contribution in [1.82, 2.24) is 0 Å². The van der Waals surface area contributed by atoms with E-state index in [4.69, 9.17) is 14.6 Å². The Balaban J connectivity index is 2.16. The Labute approximate surface area is 105 Å². The molecule has 0 radical (unpaired) electrons. The van der Waals surface area contributed by atoms with Gasteiger partial charge in [-0.2, -0.15) is 0 Å². The summed E-state index contributed by atoms with van der Waals surface area (Å²) >= 11 is 0. The second-order valence-corrected chi connectivity index (χ2v) is 5.61. The van der Waals surface area contributed by atoms with E-state index in [1.807, 2.05) is 0 Å². The molecule has 1 atom stereocenters. The van der Waals surface area contributed by atoms with Crippen LogP contribution in [0.15, 0.2) is 23.1 Å². The molecule has 1 aliphatic heterocycles. The molecule has 1 heterocycles. The van der Waals surface area contributed by atoms with E-state index in [9.17, 15) is 12.8 Å². The number of primary sulfonamides is 1. The zero-order chi connectivity index (χ0) is 13.2. The summed E-state index contributed by atoms with van der Waals surface area (Å²) in [5.41, 5.74) is 0. The summed E-state index contributed by atoms with van der Waals surface area (Å²) in [4.78, 5) is -0.347. The number of rotatable bonds is 4. The van der Waals surface area contributed by atoms with Gasteiger partial charge >= 0.3 is 0 Å². The Morgan fingerprint density at radius 2 is 2.28 bits per heavy atom. The number of hydrogen-bond acceptors (Lipinski definition) is 4. The first kappa shape index (κ1) is 13.3. The maximum Gasteiger partial charge on any atom is 0.241 e. The van der Waals surface area contributed by atoms with Gasteiger partial charge in [0.05, 0.1) is 6.10 Å². The molecule has 5 nitrogen and oxygen atoms in total. The van der Waals surface area contributed by atoms with E-state index in [1.54, 1.807) is 0 Å². The highest BCUT2D eigenvalue weighted by Gasteiger charge is 2.20. The summed E-state index contributed by atoms with van der Waals surface area (Å²) in [6.45, 7) is 0.910. The Hall–Kier alpha value is -1.18. The van der Waals surface area contributed by atoms with Crippen LogP contribution in [0.1, 0.15) is 12.8 Å². The smallest absolute Gasteiger partial charge is 0.241 e. The molecule has 0 aromatic heterocycles. The first-order chi connectivity index (χ1) is 8.47. The lowest BCUT2D eigenvalue weighted by Gasteiger charge is -2.13. The third-order valence-electron chi connectivity index (χ3n) is 2.66. The molecule has 2 rings (SSSR count). The Bertz CT molecular complexity index is 526. The summed E-state index contributed by atoms with van der Waals surface area (Å²) < 4.78 is 46.3. The molecule has 0 bridgehead atoms. The van der Waals surface area contributed by atoms with Crippen LogP contribution in [0.25, 0.3) is 0 Å². The van der Waals surface area contributed by atoms with Gasteiger partial charge in [0, 0.05) is 6.61 Å². The Morgan fingerprint density at radius 1 is 1.50 bits per heavy atom. The summed E-state index contributed by atoms with van der Waals surface area (Å²) in [6.07, 6.45) is 1.77. The van der Waals surface area contributed by atoms with Gasteiger partial charge in [0.25, 0.3) is 0 Å². The van der Waals surface area contributed by atoms with Crippen LogP contribution in [0.3, 0.4) is 0 Å². The Kier molecular flexibility index (Phi) is 3.84. The topological polar surface area (TPSA) is 78.6 Å². The van der Waals surface area contributed by atoms with Gasteiger partial charge in [0.2, 0.25) is 10.0 Å². The van der Waals surface area contributed by atoms with Gasteiger partial charge in [-0.3, -0.25) is 0 Å². The van der Waals surface area contributed by atoms with Crippen LogP contribution in [-0.4, -0.2) is 27.7 Å². The second kappa shape index (κ2) is 5.21. The fraction of sp³-hybridized carbons (Fsp3) is 0.455. The van der Waals surface area contributed by atoms with Crippen LogP contribution in [0.5, 0.6) is 5.75 Å². The lowest BCUT2D eigenvalue weighted by Crippen LogP contribution is -2.19. The van der Waals surface area contributed by atoms with Crippen LogP contribution in [0.2, 0.25) is 0 Å². The molecule has 1 aliphatic rings. The fourth-order valence-corrected chi connectivity index (χ4v) is 2.47. The number of sulfonamides is 1. The monoisotopic (exact) mass is 275 g/mol. The summed E-state index contributed by atoms with van der Waals surface area (Å²) in [5, 5.41) is 5.00. The van der Waals surface area contributed by atoms with E-state index in [2.05, 4.69) is 0 Å². The first-order valence-electron chi connectivity index (χ1n) is 5.53. The van der Waals surface area contributed by atoms with Crippen molar-refractivity contribution in [3.63, 3.8) is 0 Å². The minimum atomic E-state index is -4.01. The van der Waals surface area contributed by atoms with Crippen LogP contribution in [0, 0.1) is 5.82 Å². The van der Waals surface area contributed by atoms with Crippen molar-refractivity contribution in [2.24, 2.45) is 5.14 Å². The van der Waals surface area contributed by atoms with E-state index in [0.717, 1.165) is 25.0 Å². The van der Waals surface area contributed by atoms with Gasteiger partial charge in [-0.05, 0) is 31.0 Å². The predicted molar refractivity (Wildman–Crippen MR) is 62.2 cm³/mol. The quantitative estimate of drug-likeness (QED) is 0.890. The number of hydrogen-bond donors (Lipinski definition) is 1. The minimum Gasteiger partial charge on any atom is -0.489 e. The molecular weight excluding hydrogens is 261 g/mol. The van der Waals surface area contributed by atoms with Gasteiger partial charge in [-0.1, -0.05) is 0 Å². The van der Waals surface area contributed by atoms with Crippen molar-refractivity contribution in [2.45, 2.75) is 23.8 Å². The molecule has 1 unspecified atom stereocenters. The zero-order valence-corrected chi connectivity index (χ0v) is 10.5. The van der Waals surface area contributed by atoms with E-state index in [0.29, 0.717) is 6.61 Å². The number of nitrogens with two attached hydrogens (primary N) is 1. The van der Waals surface area contributed by atoms with Crippen molar-refractivity contribution < 1.29 is 22.3 Å². The SMILES string of the molecule is NS(=O)(=O)c1cc(F)ccc1OCC1CCCO1. The van der Waals surface area contributed by atoms with Crippen molar-refractivity contribution >= 4 is 10.0 Å². The van der Waals surface area contributed by atoms with Crippen molar-refractivity contribution in [3.05, 3.63) is 24.0 Å². The highest BCUT2D eigenvalue weighted by atomic mass is 32.2. The van der Waals surface area contributed by atoms with E-state index < -0.39 is 15.8 Å². The third-order valence-corrected chi connectivity index (χ3v) is 3.59. The molecule has 1 aromatic rings. The second-order valence-electron chi connectivity index (χ2n) is 4.08. The molecule has 0 saturated carbocycles. The summed E-state index contributed by atoms with van der Waals surface area (Å²) in [5.74, 6) is -0.627. The van der Waals surface area contributed by atoms with Gasteiger partial charge in [-0.25, -0.2) is 17.9 Å². The maximum absolute atomic E-state index is 13.0. The van der Waals surface area contributed by atoms with Gasteiger partial charge in [-0.15, -0.1) is 0 Å². The van der Waals surface area contributed by atoms with Gasteiger partial charge in [0.15, 0.2) is 0 Å². The molecule has 100 valence electrons. The number of ether oxygens (including phenoxy) is 2.